The van der Waals surface area contributed by atoms with Gasteiger partial charge in [0.05, 0.1) is 39.6 Å². The Morgan fingerprint density at radius 3 is 2.00 bits per heavy atom. The second-order valence-electron chi connectivity index (χ2n) is 4.05. The van der Waals surface area contributed by atoms with Crippen molar-refractivity contribution in [3.8, 4) is 0 Å². The lowest BCUT2D eigenvalue weighted by atomic mass is 9.86. The van der Waals surface area contributed by atoms with Crippen LogP contribution in [0.2, 0.25) is 6.82 Å². The Bertz CT molecular complexity index is 175. The Labute approximate surface area is 111 Å². The molecular formula is C11H27BN2O4. The first-order chi connectivity index (χ1) is 8.68. The van der Waals surface area contributed by atoms with E-state index < -0.39 is 7.05 Å². The molecule has 108 valence electrons. The van der Waals surface area contributed by atoms with E-state index in [1.54, 1.807) is 6.82 Å². The Morgan fingerprint density at radius 1 is 1.00 bits per heavy atom. The fourth-order valence-corrected chi connectivity index (χ4v) is 1.11. The summed E-state index contributed by atoms with van der Waals surface area (Å²) < 4.78 is 16.0. The molecule has 6 nitrogen and oxygen atoms in total. The number of ether oxygens (including phenoxy) is 3. The van der Waals surface area contributed by atoms with Crippen LogP contribution in [0.15, 0.2) is 0 Å². The molecule has 0 saturated carbocycles. The summed E-state index contributed by atoms with van der Waals surface area (Å²) >= 11 is 0. The zero-order valence-electron chi connectivity index (χ0n) is 11.9. The normalized spacial score (nSPS) is 11.2. The van der Waals surface area contributed by atoms with Crippen LogP contribution in [0.1, 0.15) is 0 Å². The highest BCUT2D eigenvalue weighted by molar-refractivity contribution is 6.45. The van der Waals surface area contributed by atoms with Gasteiger partial charge < -0.3 is 29.4 Å². The molecule has 0 amide bonds. The highest BCUT2D eigenvalue weighted by Gasteiger charge is 2.09. The summed E-state index contributed by atoms with van der Waals surface area (Å²) in [6, 6.07) is 0. The van der Waals surface area contributed by atoms with Crippen molar-refractivity contribution in [1.29, 1.82) is 0 Å². The summed E-state index contributed by atoms with van der Waals surface area (Å²) in [5.74, 6) is 0. The van der Waals surface area contributed by atoms with Crippen molar-refractivity contribution in [1.82, 2.24) is 10.1 Å². The topological polar surface area (TPSA) is 63.2 Å². The standard InChI is InChI=1S/C11H27BN2O4/c1-12(15)14(3)5-7-17-9-11-18-10-8-16-6-4-13-2/h13,15H,4-11H2,1-3H3. The van der Waals surface area contributed by atoms with E-state index in [1.165, 1.54) is 0 Å². The van der Waals surface area contributed by atoms with Gasteiger partial charge in [-0.25, -0.2) is 0 Å². The minimum Gasteiger partial charge on any atom is -0.437 e. The molecule has 0 aliphatic carbocycles. The number of nitrogens with one attached hydrogen (secondary N) is 1. The average Bonchev–Trinajstić information content (AvgIpc) is 2.35. The summed E-state index contributed by atoms with van der Waals surface area (Å²) in [6.45, 7) is 6.98. The third-order valence-corrected chi connectivity index (χ3v) is 2.47. The second kappa shape index (κ2) is 13.3. The molecule has 7 heteroatoms. The first-order valence-corrected chi connectivity index (χ1v) is 6.44. The fourth-order valence-electron chi connectivity index (χ4n) is 1.11. The number of hydrogen-bond donors (Lipinski definition) is 2. The monoisotopic (exact) mass is 262 g/mol. The second-order valence-corrected chi connectivity index (χ2v) is 4.05. The van der Waals surface area contributed by atoms with E-state index in [9.17, 15) is 5.02 Å². The minimum atomic E-state index is -0.431. The third kappa shape index (κ3) is 12.3. The molecule has 0 saturated heterocycles. The van der Waals surface area contributed by atoms with Crippen molar-refractivity contribution in [2.75, 3.05) is 66.8 Å². The molecule has 0 aromatic heterocycles. The van der Waals surface area contributed by atoms with E-state index in [2.05, 4.69) is 5.32 Å². The highest BCUT2D eigenvalue weighted by atomic mass is 16.5. The van der Waals surface area contributed by atoms with Crippen LogP contribution in [0.4, 0.5) is 0 Å². The van der Waals surface area contributed by atoms with Crippen molar-refractivity contribution < 1.29 is 19.2 Å². The van der Waals surface area contributed by atoms with Gasteiger partial charge in [-0.2, -0.15) is 0 Å². The molecule has 0 fully saturated rings. The van der Waals surface area contributed by atoms with Gasteiger partial charge in [-0.15, -0.1) is 0 Å². The van der Waals surface area contributed by atoms with Gasteiger partial charge in [0.15, 0.2) is 0 Å². The largest absolute Gasteiger partial charge is 0.437 e. The van der Waals surface area contributed by atoms with Crippen LogP contribution in [-0.2, 0) is 14.2 Å². The molecule has 0 aromatic rings. The zero-order chi connectivity index (χ0) is 13.6. The average molecular weight is 262 g/mol. The fraction of sp³-hybridized carbons (Fsp3) is 1.00. The molecule has 18 heavy (non-hydrogen) atoms. The molecule has 0 rings (SSSR count). The molecule has 0 radical (unpaired) electrons. The number of likely N-dealkylation sites (N-methyl/N-ethyl adjacent to an activating group) is 2. The Hall–Kier alpha value is -0.175. The number of hydrogen-bond acceptors (Lipinski definition) is 6. The van der Waals surface area contributed by atoms with Gasteiger partial charge in [0, 0.05) is 13.1 Å². The third-order valence-electron chi connectivity index (χ3n) is 2.47. The maximum Gasteiger partial charge on any atom is 0.376 e. The summed E-state index contributed by atoms with van der Waals surface area (Å²) in [4.78, 5) is 1.82. The lowest BCUT2D eigenvalue weighted by Gasteiger charge is -2.16. The molecule has 0 aliphatic heterocycles. The Kier molecular flexibility index (Phi) is 13.1. The molecule has 0 aromatic carbocycles. The van der Waals surface area contributed by atoms with Gasteiger partial charge in [-0.05, 0) is 20.9 Å². The maximum atomic E-state index is 9.21. The molecule has 0 unspecified atom stereocenters. The lowest BCUT2D eigenvalue weighted by molar-refractivity contribution is 0.0140. The van der Waals surface area contributed by atoms with Crippen LogP contribution < -0.4 is 5.32 Å². The van der Waals surface area contributed by atoms with Crippen LogP contribution >= 0.6 is 0 Å². The predicted octanol–water partition coefficient (Wildman–Crippen LogP) is -0.702. The Morgan fingerprint density at radius 2 is 1.50 bits per heavy atom. The van der Waals surface area contributed by atoms with E-state index in [1.807, 2.05) is 18.9 Å². The molecule has 0 heterocycles. The molecule has 0 atom stereocenters. The smallest absolute Gasteiger partial charge is 0.376 e. The Balaban J connectivity index is 3.03. The zero-order valence-corrected chi connectivity index (χ0v) is 11.9. The first kappa shape index (κ1) is 17.8. The molecule has 0 spiro atoms. The summed E-state index contributed by atoms with van der Waals surface area (Å²) in [6.07, 6.45) is 0. The molecular weight excluding hydrogens is 235 g/mol. The molecule has 2 N–H and O–H groups in total. The van der Waals surface area contributed by atoms with Crippen molar-refractivity contribution in [3.63, 3.8) is 0 Å². The van der Waals surface area contributed by atoms with Gasteiger partial charge in [0.25, 0.3) is 0 Å². The minimum absolute atomic E-state index is 0.431. The van der Waals surface area contributed by atoms with Crippen LogP contribution in [0.3, 0.4) is 0 Å². The van der Waals surface area contributed by atoms with E-state index in [-0.39, 0.29) is 0 Å². The first-order valence-electron chi connectivity index (χ1n) is 6.44. The van der Waals surface area contributed by atoms with Gasteiger partial charge in [-0.3, -0.25) is 0 Å². The molecule has 0 bridgehead atoms. The van der Waals surface area contributed by atoms with E-state index >= 15 is 0 Å². The van der Waals surface area contributed by atoms with Crippen LogP contribution in [0.25, 0.3) is 0 Å². The quantitative estimate of drug-likeness (QED) is 0.338. The molecule has 0 aliphatic rings. The summed E-state index contributed by atoms with van der Waals surface area (Å²) in [5, 5.41) is 12.2. The van der Waals surface area contributed by atoms with Crippen LogP contribution in [-0.4, -0.2) is 83.7 Å². The van der Waals surface area contributed by atoms with Crippen molar-refractivity contribution in [3.05, 3.63) is 0 Å². The number of rotatable bonds is 13. The maximum absolute atomic E-state index is 9.21. The van der Waals surface area contributed by atoms with Gasteiger partial charge in [-0.1, -0.05) is 0 Å². The predicted molar refractivity (Wildman–Crippen MR) is 72.9 cm³/mol. The van der Waals surface area contributed by atoms with Gasteiger partial charge >= 0.3 is 7.05 Å². The number of nitrogens with zero attached hydrogens (tertiary/aromatic N) is 1. The van der Waals surface area contributed by atoms with E-state index in [0.29, 0.717) is 46.2 Å². The van der Waals surface area contributed by atoms with E-state index in [0.717, 1.165) is 6.54 Å². The lowest BCUT2D eigenvalue weighted by Crippen LogP contribution is -2.36. The van der Waals surface area contributed by atoms with Crippen molar-refractivity contribution in [2.24, 2.45) is 0 Å². The van der Waals surface area contributed by atoms with Gasteiger partial charge in [0.1, 0.15) is 0 Å². The van der Waals surface area contributed by atoms with Crippen molar-refractivity contribution >= 4 is 7.05 Å². The van der Waals surface area contributed by atoms with Crippen molar-refractivity contribution in [2.45, 2.75) is 6.82 Å². The summed E-state index contributed by atoms with van der Waals surface area (Å²) in [5.41, 5.74) is 0. The highest BCUT2D eigenvalue weighted by Crippen LogP contribution is 1.87. The van der Waals surface area contributed by atoms with Gasteiger partial charge in [0.2, 0.25) is 0 Å². The van der Waals surface area contributed by atoms with E-state index in [4.69, 9.17) is 14.2 Å². The van der Waals surface area contributed by atoms with Crippen LogP contribution in [0, 0.1) is 0 Å². The SMILES string of the molecule is CNCCOCCOCCOCCN(C)B(C)O. The summed E-state index contributed by atoms with van der Waals surface area (Å²) in [7, 11) is 3.32. The van der Waals surface area contributed by atoms with Crippen LogP contribution in [0.5, 0.6) is 0 Å².